The summed E-state index contributed by atoms with van der Waals surface area (Å²) >= 11 is 0. The molecule has 1 aromatic carbocycles. The molecule has 0 aliphatic carbocycles. The molecule has 4 heteroatoms. The number of aliphatic hydroxyl groups excluding tert-OH is 1. The fourth-order valence-electron chi connectivity index (χ4n) is 1.48. The van der Waals surface area contributed by atoms with Crippen molar-refractivity contribution in [3.63, 3.8) is 0 Å². The van der Waals surface area contributed by atoms with Gasteiger partial charge in [0.25, 0.3) is 0 Å². The maximum Gasteiger partial charge on any atom is 0.119 e. The second-order valence-electron chi connectivity index (χ2n) is 3.86. The van der Waals surface area contributed by atoms with E-state index in [0.29, 0.717) is 13.0 Å². The Morgan fingerprint density at radius 1 is 1.31 bits per heavy atom. The van der Waals surface area contributed by atoms with Gasteiger partial charge in [0.1, 0.15) is 11.9 Å². The zero-order valence-electron chi connectivity index (χ0n) is 9.54. The van der Waals surface area contributed by atoms with E-state index in [4.69, 9.17) is 16.2 Å². The molecule has 0 aromatic heterocycles. The van der Waals surface area contributed by atoms with Gasteiger partial charge in [0.15, 0.2) is 0 Å². The highest BCUT2D eigenvalue weighted by Gasteiger charge is 2.23. The van der Waals surface area contributed by atoms with E-state index in [1.54, 1.807) is 6.92 Å². The Morgan fingerprint density at radius 3 is 2.44 bits per heavy atom. The Bertz CT molecular complexity index is 290. The highest BCUT2D eigenvalue weighted by molar-refractivity contribution is 5.21. The number of ether oxygens (including phenoxy) is 1. The first-order chi connectivity index (χ1) is 7.65. The van der Waals surface area contributed by atoms with Crippen LogP contribution in [0.15, 0.2) is 30.3 Å². The summed E-state index contributed by atoms with van der Waals surface area (Å²) in [6, 6.07) is 8.99. The monoisotopic (exact) mass is 224 g/mol. The van der Waals surface area contributed by atoms with Crippen LogP contribution in [0, 0.1) is 0 Å². The van der Waals surface area contributed by atoms with Crippen molar-refractivity contribution in [2.75, 3.05) is 6.54 Å². The van der Waals surface area contributed by atoms with Gasteiger partial charge < -0.3 is 21.3 Å². The van der Waals surface area contributed by atoms with Gasteiger partial charge in [-0.15, -0.1) is 0 Å². The summed E-state index contributed by atoms with van der Waals surface area (Å²) in [5.74, 6) is 0.747. The number of rotatable bonds is 6. The maximum absolute atomic E-state index is 9.45. The molecule has 1 rings (SSSR count). The van der Waals surface area contributed by atoms with Crippen LogP contribution in [0.1, 0.15) is 13.3 Å². The molecule has 0 fully saturated rings. The first kappa shape index (κ1) is 13.0. The SMILES string of the molecule is CC(O)C(N)C(CCN)Oc1ccccc1. The molecule has 3 atom stereocenters. The van der Waals surface area contributed by atoms with E-state index in [1.165, 1.54) is 0 Å². The molecule has 0 saturated heterocycles. The molecular formula is C12H20N2O2. The van der Waals surface area contributed by atoms with Crippen LogP contribution in [0.25, 0.3) is 0 Å². The van der Waals surface area contributed by atoms with Crippen LogP contribution in [0.5, 0.6) is 5.75 Å². The van der Waals surface area contributed by atoms with Crippen molar-refractivity contribution in [1.29, 1.82) is 0 Å². The average molecular weight is 224 g/mol. The van der Waals surface area contributed by atoms with E-state index < -0.39 is 12.1 Å². The predicted octanol–water partition coefficient (Wildman–Crippen LogP) is 0.491. The van der Waals surface area contributed by atoms with Gasteiger partial charge in [-0.2, -0.15) is 0 Å². The first-order valence-corrected chi connectivity index (χ1v) is 5.50. The smallest absolute Gasteiger partial charge is 0.119 e. The molecular weight excluding hydrogens is 204 g/mol. The van der Waals surface area contributed by atoms with Crippen molar-refractivity contribution < 1.29 is 9.84 Å². The molecule has 0 aliphatic heterocycles. The van der Waals surface area contributed by atoms with Crippen LogP contribution in [0.4, 0.5) is 0 Å². The van der Waals surface area contributed by atoms with Crippen molar-refractivity contribution in [1.82, 2.24) is 0 Å². The first-order valence-electron chi connectivity index (χ1n) is 5.50. The molecule has 4 nitrogen and oxygen atoms in total. The summed E-state index contributed by atoms with van der Waals surface area (Å²) in [5, 5.41) is 9.45. The van der Waals surface area contributed by atoms with Gasteiger partial charge in [-0.3, -0.25) is 0 Å². The third-order valence-corrected chi connectivity index (χ3v) is 2.47. The van der Waals surface area contributed by atoms with Gasteiger partial charge in [-0.25, -0.2) is 0 Å². The van der Waals surface area contributed by atoms with Crippen LogP contribution in [0.2, 0.25) is 0 Å². The van der Waals surface area contributed by atoms with Gasteiger partial charge in [-0.05, 0) is 32.0 Å². The minimum absolute atomic E-state index is 0.257. The Labute approximate surface area is 96.2 Å². The Kier molecular flexibility index (Phi) is 5.25. The molecule has 0 saturated carbocycles. The molecule has 3 unspecified atom stereocenters. The summed E-state index contributed by atoms with van der Waals surface area (Å²) in [7, 11) is 0. The molecule has 90 valence electrons. The van der Waals surface area contributed by atoms with E-state index in [9.17, 15) is 5.11 Å². The Balaban J connectivity index is 2.64. The summed E-state index contributed by atoms with van der Waals surface area (Å²) in [5.41, 5.74) is 11.4. The largest absolute Gasteiger partial charge is 0.489 e. The molecule has 0 bridgehead atoms. The molecule has 16 heavy (non-hydrogen) atoms. The van der Waals surface area contributed by atoms with Crippen molar-refractivity contribution in [3.8, 4) is 5.75 Å². The number of aliphatic hydroxyl groups is 1. The molecule has 0 amide bonds. The van der Waals surface area contributed by atoms with Crippen LogP contribution in [-0.4, -0.2) is 29.9 Å². The fraction of sp³-hybridized carbons (Fsp3) is 0.500. The van der Waals surface area contributed by atoms with Crippen LogP contribution in [0.3, 0.4) is 0 Å². The van der Waals surface area contributed by atoms with E-state index in [2.05, 4.69) is 0 Å². The van der Waals surface area contributed by atoms with E-state index in [1.807, 2.05) is 30.3 Å². The van der Waals surface area contributed by atoms with Crippen molar-refractivity contribution in [3.05, 3.63) is 30.3 Å². The summed E-state index contributed by atoms with van der Waals surface area (Å²) in [4.78, 5) is 0. The minimum atomic E-state index is -0.611. The van der Waals surface area contributed by atoms with Gasteiger partial charge in [0.2, 0.25) is 0 Å². The summed E-state index contributed by atoms with van der Waals surface area (Å²) < 4.78 is 5.71. The lowest BCUT2D eigenvalue weighted by atomic mass is 10.0. The fourth-order valence-corrected chi connectivity index (χ4v) is 1.48. The van der Waals surface area contributed by atoms with Gasteiger partial charge >= 0.3 is 0 Å². The third kappa shape index (κ3) is 3.81. The predicted molar refractivity (Wildman–Crippen MR) is 64.2 cm³/mol. The van der Waals surface area contributed by atoms with Crippen molar-refractivity contribution in [2.24, 2.45) is 11.5 Å². The standard InChI is InChI=1S/C12H20N2O2/c1-9(15)12(14)11(7-8-13)16-10-5-3-2-4-6-10/h2-6,9,11-12,15H,7-8,13-14H2,1H3. The number of hydrogen-bond donors (Lipinski definition) is 3. The van der Waals surface area contributed by atoms with Gasteiger partial charge in [-0.1, -0.05) is 18.2 Å². The highest BCUT2D eigenvalue weighted by Crippen LogP contribution is 2.14. The molecule has 5 N–H and O–H groups in total. The third-order valence-electron chi connectivity index (χ3n) is 2.47. The Hall–Kier alpha value is -1.10. The number of para-hydroxylation sites is 1. The molecule has 0 heterocycles. The molecule has 0 radical (unpaired) electrons. The lowest BCUT2D eigenvalue weighted by Gasteiger charge is -2.26. The quantitative estimate of drug-likeness (QED) is 0.657. The van der Waals surface area contributed by atoms with Crippen LogP contribution >= 0.6 is 0 Å². The zero-order valence-corrected chi connectivity index (χ0v) is 9.54. The van der Waals surface area contributed by atoms with Crippen molar-refractivity contribution in [2.45, 2.75) is 31.6 Å². The normalized spacial score (nSPS) is 16.5. The summed E-state index contributed by atoms with van der Waals surface area (Å²) in [6.45, 7) is 2.14. The molecule has 0 aliphatic rings. The lowest BCUT2D eigenvalue weighted by molar-refractivity contribution is 0.0764. The number of benzene rings is 1. The van der Waals surface area contributed by atoms with Crippen molar-refractivity contribution >= 4 is 0 Å². The van der Waals surface area contributed by atoms with Crippen LogP contribution < -0.4 is 16.2 Å². The topological polar surface area (TPSA) is 81.5 Å². The number of hydrogen-bond acceptors (Lipinski definition) is 4. The average Bonchev–Trinajstić information content (AvgIpc) is 2.29. The second-order valence-corrected chi connectivity index (χ2v) is 3.86. The van der Waals surface area contributed by atoms with Gasteiger partial charge in [0, 0.05) is 0 Å². The Morgan fingerprint density at radius 2 is 1.94 bits per heavy atom. The minimum Gasteiger partial charge on any atom is -0.489 e. The van der Waals surface area contributed by atoms with Gasteiger partial charge in [0.05, 0.1) is 12.1 Å². The maximum atomic E-state index is 9.45. The number of nitrogens with two attached hydrogens (primary N) is 2. The highest BCUT2D eigenvalue weighted by atomic mass is 16.5. The van der Waals surface area contributed by atoms with E-state index in [-0.39, 0.29) is 6.10 Å². The molecule has 0 spiro atoms. The van der Waals surface area contributed by atoms with Crippen LogP contribution in [-0.2, 0) is 0 Å². The van der Waals surface area contributed by atoms with E-state index in [0.717, 1.165) is 5.75 Å². The lowest BCUT2D eigenvalue weighted by Crippen LogP contribution is -2.47. The second kappa shape index (κ2) is 6.48. The van der Waals surface area contributed by atoms with E-state index >= 15 is 0 Å². The zero-order chi connectivity index (χ0) is 12.0. The molecule has 1 aromatic rings. The summed E-state index contributed by atoms with van der Waals surface area (Å²) in [6.07, 6.45) is -0.242.